The van der Waals surface area contributed by atoms with Crippen LogP contribution in [-0.2, 0) is 9.53 Å². The lowest BCUT2D eigenvalue weighted by atomic mass is 10.1. The zero-order valence-corrected chi connectivity index (χ0v) is 15.5. The van der Waals surface area contributed by atoms with Gasteiger partial charge in [-0.25, -0.2) is 9.79 Å². The SMILES string of the molecule is C#CCOc1c(Cl)cc(/C=C2/N=C(c3cccc(C)c3)OC2=O)cc1OC. The second-order valence-electron chi connectivity index (χ2n) is 5.73. The van der Waals surface area contributed by atoms with E-state index in [1.807, 2.05) is 31.2 Å². The summed E-state index contributed by atoms with van der Waals surface area (Å²) >= 11 is 6.26. The van der Waals surface area contributed by atoms with Gasteiger partial charge >= 0.3 is 5.97 Å². The molecule has 0 unspecified atom stereocenters. The van der Waals surface area contributed by atoms with Gasteiger partial charge in [0.15, 0.2) is 17.2 Å². The Hall–Kier alpha value is -3.23. The Kier molecular flexibility index (Phi) is 5.49. The molecule has 2 aromatic carbocycles. The molecule has 1 aliphatic heterocycles. The number of methoxy groups -OCH3 is 1. The number of cyclic esters (lactones) is 1. The van der Waals surface area contributed by atoms with Crippen LogP contribution in [0.4, 0.5) is 0 Å². The Morgan fingerprint density at radius 1 is 1.33 bits per heavy atom. The van der Waals surface area contributed by atoms with Crippen LogP contribution in [0.25, 0.3) is 6.08 Å². The van der Waals surface area contributed by atoms with E-state index in [0.717, 1.165) is 11.1 Å². The van der Waals surface area contributed by atoms with Crippen LogP contribution in [0.2, 0.25) is 5.02 Å². The molecule has 3 rings (SSSR count). The summed E-state index contributed by atoms with van der Waals surface area (Å²) in [7, 11) is 1.49. The maximum atomic E-state index is 12.2. The van der Waals surface area contributed by atoms with Crippen molar-refractivity contribution >= 4 is 29.5 Å². The highest BCUT2D eigenvalue weighted by atomic mass is 35.5. The van der Waals surface area contributed by atoms with Crippen LogP contribution in [0, 0.1) is 19.3 Å². The Morgan fingerprint density at radius 2 is 2.15 bits per heavy atom. The van der Waals surface area contributed by atoms with Crippen LogP contribution in [0.1, 0.15) is 16.7 Å². The van der Waals surface area contributed by atoms with Gasteiger partial charge in [0.2, 0.25) is 5.90 Å². The number of rotatable bonds is 5. The van der Waals surface area contributed by atoms with Crippen molar-refractivity contribution in [3.05, 3.63) is 63.8 Å². The number of aliphatic imine (C=N–C) groups is 1. The average Bonchev–Trinajstić information content (AvgIpc) is 3.01. The first-order valence-corrected chi connectivity index (χ1v) is 8.43. The fraction of sp³-hybridized carbons (Fsp3) is 0.143. The Balaban J connectivity index is 1.95. The first-order chi connectivity index (χ1) is 13.0. The normalized spacial score (nSPS) is 14.5. The lowest BCUT2D eigenvalue weighted by Crippen LogP contribution is -2.05. The molecule has 0 N–H and O–H groups in total. The van der Waals surface area contributed by atoms with Crippen LogP contribution in [0.3, 0.4) is 0 Å². The van der Waals surface area contributed by atoms with Crippen LogP contribution in [0.5, 0.6) is 11.5 Å². The molecule has 136 valence electrons. The van der Waals surface area contributed by atoms with Crippen LogP contribution in [0.15, 0.2) is 47.1 Å². The van der Waals surface area contributed by atoms with Crippen molar-refractivity contribution in [2.24, 2.45) is 4.99 Å². The van der Waals surface area contributed by atoms with E-state index in [1.165, 1.54) is 7.11 Å². The number of nitrogens with zero attached hydrogens (tertiary/aromatic N) is 1. The van der Waals surface area contributed by atoms with Gasteiger partial charge in [-0.05, 0) is 42.8 Å². The summed E-state index contributed by atoms with van der Waals surface area (Å²) in [5.74, 6) is 2.85. The summed E-state index contributed by atoms with van der Waals surface area (Å²) in [4.78, 5) is 16.5. The molecule has 0 aliphatic carbocycles. The van der Waals surface area contributed by atoms with Gasteiger partial charge in [-0.1, -0.05) is 35.2 Å². The second kappa shape index (κ2) is 7.98. The summed E-state index contributed by atoms with van der Waals surface area (Å²) in [6, 6.07) is 10.9. The molecule has 2 aromatic rings. The Bertz CT molecular complexity index is 1000. The topological polar surface area (TPSA) is 57.1 Å². The zero-order valence-electron chi connectivity index (χ0n) is 14.8. The predicted octanol–water partition coefficient (Wildman–Crippen LogP) is 4.01. The van der Waals surface area contributed by atoms with Crippen LogP contribution >= 0.6 is 11.6 Å². The third-order valence-electron chi connectivity index (χ3n) is 3.74. The molecule has 0 aromatic heterocycles. The van der Waals surface area contributed by atoms with Crippen LogP contribution < -0.4 is 9.47 Å². The van der Waals surface area contributed by atoms with Crippen molar-refractivity contribution < 1.29 is 19.0 Å². The van der Waals surface area contributed by atoms with Gasteiger partial charge < -0.3 is 14.2 Å². The van der Waals surface area contributed by atoms with Crippen molar-refractivity contribution in [3.63, 3.8) is 0 Å². The molecule has 0 spiro atoms. The number of hydrogen-bond acceptors (Lipinski definition) is 5. The molecular weight excluding hydrogens is 366 g/mol. The Labute approximate surface area is 162 Å². The fourth-order valence-corrected chi connectivity index (χ4v) is 2.82. The summed E-state index contributed by atoms with van der Waals surface area (Å²) in [6.07, 6.45) is 6.78. The number of carbonyl (C=O) groups excluding carboxylic acids is 1. The minimum atomic E-state index is -0.533. The van der Waals surface area contributed by atoms with Crippen molar-refractivity contribution in [3.8, 4) is 23.8 Å². The van der Waals surface area contributed by atoms with E-state index in [0.29, 0.717) is 22.1 Å². The fourth-order valence-electron chi connectivity index (χ4n) is 2.55. The van der Waals surface area contributed by atoms with Gasteiger partial charge in [0, 0.05) is 5.56 Å². The molecule has 0 saturated heterocycles. The lowest BCUT2D eigenvalue weighted by Gasteiger charge is -2.11. The summed E-state index contributed by atoms with van der Waals surface area (Å²) in [5, 5.41) is 0.311. The highest BCUT2D eigenvalue weighted by molar-refractivity contribution is 6.32. The smallest absolute Gasteiger partial charge is 0.363 e. The number of halogens is 1. The highest BCUT2D eigenvalue weighted by Gasteiger charge is 2.24. The lowest BCUT2D eigenvalue weighted by molar-refractivity contribution is -0.129. The highest BCUT2D eigenvalue weighted by Crippen LogP contribution is 2.37. The molecule has 6 heteroatoms. The monoisotopic (exact) mass is 381 g/mol. The molecule has 27 heavy (non-hydrogen) atoms. The third kappa shape index (κ3) is 4.13. The van der Waals surface area contributed by atoms with Crippen molar-refractivity contribution in [1.29, 1.82) is 0 Å². The van der Waals surface area contributed by atoms with E-state index in [9.17, 15) is 4.79 Å². The minimum Gasteiger partial charge on any atom is -0.493 e. The van der Waals surface area contributed by atoms with E-state index in [2.05, 4.69) is 10.9 Å². The first-order valence-electron chi connectivity index (χ1n) is 8.05. The van der Waals surface area contributed by atoms with Gasteiger partial charge in [-0.15, -0.1) is 6.42 Å². The maximum Gasteiger partial charge on any atom is 0.363 e. The third-order valence-corrected chi connectivity index (χ3v) is 4.02. The number of ether oxygens (including phenoxy) is 3. The van der Waals surface area contributed by atoms with E-state index in [-0.39, 0.29) is 18.2 Å². The zero-order chi connectivity index (χ0) is 19.4. The molecule has 0 saturated carbocycles. The van der Waals surface area contributed by atoms with Crippen molar-refractivity contribution in [2.75, 3.05) is 13.7 Å². The molecule has 0 bridgehead atoms. The summed E-state index contributed by atoms with van der Waals surface area (Å²) in [6.45, 7) is 2.02. The van der Waals surface area contributed by atoms with E-state index in [4.69, 9.17) is 32.2 Å². The van der Waals surface area contributed by atoms with E-state index >= 15 is 0 Å². The maximum absolute atomic E-state index is 12.2. The molecule has 5 nitrogen and oxygen atoms in total. The van der Waals surface area contributed by atoms with Gasteiger partial charge in [-0.3, -0.25) is 0 Å². The standard InChI is InChI=1S/C21H16ClNO4/c1-4-8-26-19-16(22)10-14(12-18(19)25-3)11-17-21(24)27-20(23-17)15-7-5-6-13(2)9-15/h1,5-7,9-12H,8H2,2-3H3/b17-11+. The Morgan fingerprint density at radius 3 is 2.85 bits per heavy atom. The molecular formula is C21H16ClNO4. The van der Waals surface area contributed by atoms with E-state index < -0.39 is 5.97 Å². The van der Waals surface area contributed by atoms with Crippen LogP contribution in [-0.4, -0.2) is 25.6 Å². The molecule has 1 aliphatic rings. The molecule has 0 amide bonds. The van der Waals surface area contributed by atoms with Crippen molar-refractivity contribution in [2.45, 2.75) is 6.92 Å². The molecule has 0 fully saturated rings. The minimum absolute atomic E-state index is 0.0625. The number of terminal acetylenes is 1. The number of esters is 1. The number of benzene rings is 2. The summed E-state index contributed by atoms with van der Waals surface area (Å²) in [5.41, 5.74) is 2.57. The van der Waals surface area contributed by atoms with Crippen molar-refractivity contribution in [1.82, 2.24) is 0 Å². The average molecular weight is 382 g/mol. The molecule has 0 radical (unpaired) electrons. The van der Waals surface area contributed by atoms with Gasteiger partial charge in [-0.2, -0.15) is 0 Å². The predicted molar refractivity (Wildman–Crippen MR) is 104 cm³/mol. The molecule has 1 heterocycles. The second-order valence-corrected chi connectivity index (χ2v) is 6.14. The quantitative estimate of drug-likeness (QED) is 0.446. The number of aryl methyl sites for hydroxylation is 1. The molecule has 0 atom stereocenters. The number of carbonyl (C=O) groups is 1. The van der Waals surface area contributed by atoms with Gasteiger partial charge in [0.05, 0.1) is 12.1 Å². The van der Waals surface area contributed by atoms with Gasteiger partial charge in [0.1, 0.15) is 6.61 Å². The van der Waals surface area contributed by atoms with E-state index in [1.54, 1.807) is 18.2 Å². The largest absolute Gasteiger partial charge is 0.493 e. The summed E-state index contributed by atoms with van der Waals surface area (Å²) < 4.78 is 16.0. The van der Waals surface area contributed by atoms with Gasteiger partial charge in [0.25, 0.3) is 0 Å². The first kappa shape index (κ1) is 18.6. The number of hydrogen-bond donors (Lipinski definition) is 0.